The molecule has 0 aliphatic rings. The lowest BCUT2D eigenvalue weighted by atomic mass is 10.5. The molecule has 7 nitrogen and oxygen atoms in total. The Morgan fingerprint density at radius 3 is 2.57 bits per heavy atom. The molecule has 0 unspecified atom stereocenters. The number of carbonyl (C=O) groups is 2. The largest absolute Gasteiger partial charge is 0.476 e. The number of hydrogen-bond acceptors (Lipinski definition) is 5. The number of aliphatic hydroxyl groups is 1. The Morgan fingerprint density at radius 2 is 2.10 bits per heavy atom. The first-order valence-corrected chi connectivity index (χ1v) is 6.49. The minimum Gasteiger partial charge on any atom is -0.476 e. The molecule has 11 heteroatoms. The highest BCUT2D eigenvalue weighted by Gasteiger charge is 2.32. The van der Waals surface area contributed by atoms with Crippen LogP contribution in [0.2, 0.25) is 0 Å². The van der Waals surface area contributed by atoms with E-state index in [4.69, 9.17) is 10.2 Å². The fraction of sp³-hybridized carbons (Fsp3) is 0.500. The second-order valence-corrected chi connectivity index (χ2v) is 4.79. The molecule has 1 aromatic rings. The van der Waals surface area contributed by atoms with E-state index in [9.17, 15) is 22.8 Å². The van der Waals surface area contributed by atoms with Gasteiger partial charge in [-0.05, 0) is 0 Å². The molecule has 21 heavy (non-hydrogen) atoms. The number of hydrogen-bond donors (Lipinski definition) is 3. The number of urea groups is 1. The minimum atomic E-state index is -4.58. The van der Waals surface area contributed by atoms with Crippen molar-refractivity contribution in [1.29, 1.82) is 0 Å². The van der Waals surface area contributed by atoms with Gasteiger partial charge in [0.2, 0.25) is 0 Å². The molecule has 1 heterocycles. The van der Waals surface area contributed by atoms with Crippen molar-refractivity contribution in [2.45, 2.75) is 12.7 Å². The SMILES string of the molecule is O=C(O)c1csc(CNC(=O)N(CCO)CC(F)(F)F)n1. The second-order valence-electron chi connectivity index (χ2n) is 3.85. The molecule has 0 saturated heterocycles. The lowest BCUT2D eigenvalue weighted by molar-refractivity contribution is -0.140. The number of nitrogens with zero attached hydrogens (tertiary/aromatic N) is 2. The van der Waals surface area contributed by atoms with Gasteiger partial charge in [-0.15, -0.1) is 11.3 Å². The average Bonchev–Trinajstić information content (AvgIpc) is 2.82. The highest BCUT2D eigenvalue weighted by molar-refractivity contribution is 7.09. The smallest absolute Gasteiger partial charge is 0.406 e. The summed E-state index contributed by atoms with van der Waals surface area (Å²) in [5.41, 5.74) is -0.202. The Labute approximate surface area is 121 Å². The van der Waals surface area contributed by atoms with Crippen LogP contribution in [0.5, 0.6) is 0 Å². The summed E-state index contributed by atoms with van der Waals surface area (Å²) in [6, 6.07) is -1.02. The fourth-order valence-corrected chi connectivity index (χ4v) is 2.05. The second kappa shape index (κ2) is 7.22. The Morgan fingerprint density at radius 1 is 1.43 bits per heavy atom. The van der Waals surface area contributed by atoms with E-state index in [1.165, 1.54) is 5.38 Å². The van der Waals surface area contributed by atoms with Crippen molar-refractivity contribution < 1.29 is 33.0 Å². The van der Waals surface area contributed by atoms with Crippen LogP contribution in [0.15, 0.2) is 5.38 Å². The van der Waals surface area contributed by atoms with E-state index >= 15 is 0 Å². The molecule has 0 atom stereocenters. The number of nitrogens with one attached hydrogen (secondary N) is 1. The molecule has 0 saturated carbocycles. The van der Waals surface area contributed by atoms with Gasteiger partial charge >= 0.3 is 18.2 Å². The van der Waals surface area contributed by atoms with Crippen molar-refractivity contribution in [2.75, 3.05) is 19.7 Å². The van der Waals surface area contributed by atoms with Crippen LogP contribution < -0.4 is 5.32 Å². The van der Waals surface area contributed by atoms with Gasteiger partial charge in [-0.1, -0.05) is 0 Å². The number of carboxylic acid groups (broad SMARTS) is 1. The number of carboxylic acids is 1. The maximum absolute atomic E-state index is 12.3. The van der Waals surface area contributed by atoms with Crippen LogP contribution >= 0.6 is 11.3 Å². The van der Waals surface area contributed by atoms with Gasteiger partial charge in [0.1, 0.15) is 11.6 Å². The summed E-state index contributed by atoms with van der Waals surface area (Å²) in [6.45, 7) is -2.76. The third-order valence-corrected chi connectivity index (χ3v) is 3.04. The number of rotatable bonds is 6. The summed E-state index contributed by atoms with van der Waals surface area (Å²) in [6.07, 6.45) is -4.58. The van der Waals surface area contributed by atoms with Gasteiger partial charge in [0, 0.05) is 11.9 Å². The Kier molecular flexibility index (Phi) is 5.90. The summed E-state index contributed by atoms with van der Waals surface area (Å²) in [5.74, 6) is -1.23. The lowest BCUT2D eigenvalue weighted by Gasteiger charge is -2.23. The summed E-state index contributed by atoms with van der Waals surface area (Å²) >= 11 is 0.961. The van der Waals surface area contributed by atoms with Crippen LogP contribution in [0.1, 0.15) is 15.5 Å². The molecule has 0 bridgehead atoms. The lowest BCUT2D eigenvalue weighted by Crippen LogP contribution is -2.45. The summed E-state index contributed by atoms with van der Waals surface area (Å²) in [4.78, 5) is 26.3. The van der Waals surface area contributed by atoms with E-state index in [2.05, 4.69) is 10.3 Å². The first kappa shape index (κ1) is 17.2. The van der Waals surface area contributed by atoms with E-state index < -0.39 is 37.9 Å². The maximum atomic E-state index is 12.3. The quantitative estimate of drug-likeness (QED) is 0.720. The molecule has 0 spiro atoms. The molecule has 0 fully saturated rings. The number of carbonyl (C=O) groups excluding carboxylic acids is 1. The van der Waals surface area contributed by atoms with Crippen LogP contribution in [-0.2, 0) is 6.54 Å². The molecule has 0 aliphatic carbocycles. The molecule has 0 radical (unpaired) electrons. The first-order chi connectivity index (χ1) is 9.73. The maximum Gasteiger partial charge on any atom is 0.406 e. The Balaban J connectivity index is 2.58. The van der Waals surface area contributed by atoms with Gasteiger partial charge in [-0.2, -0.15) is 13.2 Å². The minimum absolute atomic E-state index is 0.198. The van der Waals surface area contributed by atoms with Gasteiger partial charge < -0.3 is 20.4 Å². The highest BCUT2D eigenvalue weighted by Crippen LogP contribution is 2.16. The van der Waals surface area contributed by atoms with E-state index in [1.54, 1.807) is 0 Å². The highest BCUT2D eigenvalue weighted by atomic mass is 32.1. The Hall–Kier alpha value is -1.88. The number of aromatic nitrogens is 1. The zero-order valence-corrected chi connectivity index (χ0v) is 11.4. The molecular formula is C10H12F3N3O4S. The number of aromatic carboxylic acids is 1. The molecule has 1 aromatic heterocycles. The predicted octanol–water partition coefficient (Wildman–Crippen LogP) is 0.908. The zero-order valence-electron chi connectivity index (χ0n) is 10.6. The number of halogens is 3. The number of alkyl halides is 3. The Bertz CT molecular complexity index is 506. The first-order valence-electron chi connectivity index (χ1n) is 5.61. The summed E-state index contributed by atoms with van der Waals surface area (Å²) < 4.78 is 36.8. The molecular weight excluding hydrogens is 315 g/mol. The molecule has 2 amide bonds. The molecule has 1 rings (SSSR count). The van der Waals surface area contributed by atoms with E-state index in [0.29, 0.717) is 4.90 Å². The van der Waals surface area contributed by atoms with Crippen LogP contribution in [0.25, 0.3) is 0 Å². The molecule has 0 aromatic carbocycles. The third-order valence-electron chi connectivity index (χ3n) is 2.19. The van der Waals surface area contributed by atoms with Crippen LogP contribution in [-0.4, -0.2) is 58.0 Å². The van der Waals surface area contributed by atoms with Crippen molar-refractivity contribution in [3.8, 4) is 0 Å². The number of aliphatic hydroxyl groups excluding tert-OH is 1. The van der Waals surface area contributed by atoms with Crippen LogP contribution in [0, 0.1) is 0 Å². The predicted molar refractivity (Wildman–Crippen MR) is 66.0 cm³/mol. The monoisotopic (exact) mass is 327 g/mol. The summed E-state index contributed by atoms with van der Waals surface area (Å²) in [5, 5.41) is 21.0. The normalized spacial score (nSPS) is 11.2. The topological polar surface area (TPSA) is 103 Å². The van der Waals surface area contributed by atoms with Crippen LogP contribution in [0.3, 0.4) is 0 Å². The van der Waals surface area contributed by atoms with Crippen molar-refractivity contribution in [2.24, 2.45) is 0 Å². The van der Waals surface area contributed by atoms with Crippen molar-refractivity contribution in [3.63, 3.8) is 0 Å². The number of amides is 2. The number of thiazole rings is 1. The van der Waals surface area contributed by atoms with Gasteiger partial charge in [-0.3, -0.25) is 0 Å². The van der Waals surface area contributed by atoms with Gasteiger partial charge in [0.05, 0.1) is 13.2 Å². The van der Waals surface area contributed by atoms with Crippen LogP contribution in [0.4, 0.5) is 18.0 Å². The van der Waals surface area contributed by atoms with Gasteiger partial charge in [0.15, 0.2) is 5.69 Å². The molecule has 118 valence electrons. The molecule has 3 N–H and O–H groups in total. The third kappa shape index (κ3) is 5.95. The fourth-order valence-electron chi connectivity index (χ4n) is 1.34. The standard InChI is InChI=1S/C10H12F3N3O4S/c11-10(12,13)5-16(1-2-17)9(20)14-3-7-15-6(4-21-7)8(18)19/h4,17H,1-3,5H2,(H,14,20)(H,18,19). The van der Waals surface area contributed by atoms with E-state index in [1.807, 2.05) is 0 Å². The van der Waals surface area contributed by atoms with Crippen molar-refractivity contribution in [1.82, 2.24) is 15.2 Å². The van der Waals surface area contributed by atoms with Gasteiger partial charge in [-0.25, -0.2) is 14.6 Å². The molecule has 0 aliphatic heterocycles. The summed E-state index contributed by atoms with van der Waals surface area (Å²) in [7, 11) is 0. The van der Waals surface area contributed by atoms with Gasteiger partial charge in [0.25, 0.3) is 0 Å². The zero-order chi connectivity index (χ0) is 16.0. The van der Waals surface area contributed by atoms with Crippen molar-refractivity contribution >= 4 is 23.3 Å². The van der Waals surface area contributed by atoms with Crippen molar-refractivity contribution in [3.05, 3.63) is 16.1 Å². The average molecular weight is 327 g/mol. The van der Waals surface area contributed by atoms with E-state index in [0.717, 1.165) is 11.3 Å². The van der Waals surface area contributed by atoms with E-state index in [-0.39, 0.29) is 17.2 Å².